The summed E-state index contributed by atoms with van der Waals surface area (Å²) in [5.74, 6) is -0.232. The van der Waals surface area contributed by atoms with Crippen LogP contribution in [0.4, 0.5) is 0 Å². The van der Waals surface area contributed by atoms with E-state index in [9.17, 15) is 14.4 Å². The van der Waals surface area contributed by atoms with Gasteiger partial charge in [0.2, 0.25) is 0 Å². The summed E-state index contributed by atoms with van der Waals surface area (Å²) >= 11 is 0. The first kappa shape index (κ1) is 22.0. The van der Waals surface area contributed by atoms with Crippen molar-refractivity contribution in [1.82, 2.24) is 0 Å². The summed E-state index contributed by atoms with van der Waals surface area (Å²) in [6.45, 7) is 3.44. The van der Waals surface area contributed by atoms with Crippen LogP contribution in [-0.2, 0) is 16.1 Å². The van der Waals surface area contributed by atoms with Crippen LogP contribution in [0, 0.1) is 13.8 Å². The Morgan fingerprint density at radius 3 is 2.30 bits per heavy atom. The quantitative estimate of drug-likeness (QED) is 0.233. The molecule has 33 heavy (non-hydrogen) atoms. The Labute approximate surface area is 190 Å². The van der Waals surface area contributed by atoms with Crippen LogP contribution in [0.5, 0.6) is 5.75 Å². The molecule has 6 heteroatoms. The van der Waals surface area contributed by atoms with Crippen molar-refractivity contribution >= 4 is 22.7 Å². The third-order valence-corrected chi connectivity index (χ3v) is 5.42. The van der Waals surface area contributed by atoms with Gasteiger partial charge in [0.15, 0.2) is 12.4 Å². The van der Waals surface area contributed by atoms with Crippen LogP contribution in [0.3, 0.4) is 0 Å². The van der Waals surface area contributed by atoms with Gasteiger partial charge in [-0.15, -0.1) is 0 Å². The van der Waals surface area contributed by atoms with Crippen molar-refractivity contribution in [2.24, 2.45) is 0 Å². The highest BCUT2D eigenvalue weighted by Crippen LogP contribution is 2.23. The molecule has 0 radical (unpaired) electrons. The molecule has 1 aromatic heterocycles. The van der Waals surface area contributed by atoms with Crippen molar-refractivity contribution in [2.45, 2.75) is 20.5 Å². The van der Waals surface area contributed by atoms with Crippen LogP contribution >= 0.6 is 0 Å². The predicted molar refractivity (Wildman–Crippen MR) is 124 cm³/mol. The fourth-order valence-electron chi connectivity index (χ4n) is 3.44. The number of carbonyl (C=O) groups is 2. The summed E-state index contributed by atoms with van der Waals surface area (Å²) in [5.41, 5.74) is 3.57. The lowest BCUT2D eigenvalue weighted by Crippen LogP contribution is -2.15. The molecule has 0 N–H and O–H groups in total. The molecule has 0 saturated heterocycles. The molecule has 0 bridgehead atoms. The third-order valence-electron chi connectivity index (χ3n) is 5.42. The van der Waals surface area contributed by atoms with Crippen LogP contribution in [0.25, 0.3) is 11.0 Å². The average molecular weight is 442 g/mol. The first-order chi connectivity index (χ1) is 15.9. The monoisotopic (exact) mass is 442 g/mol. The Morgan fingerprint density at radius 2 is 1.58 bits per heavy atom. The molecule has 4 rings (SSSR count). The fraction of sp³-hybridized carbons (Fsp3) is 0.148. The number of ketones is 1. The number of hydrogen-bond donors (Lipinski definition) is 0. The topological polar surface area (TPSA) is 82.8 Å². The zero-order valence-corrected chi connectivity index (χ0v) is 18.3. The molecule has 0 aliphatic heterocycles. The maximum Gasteiger partial charge on any atom is 0.344 e. The predicted octanol–water partition coefficient (Wildman–Crippen LogP) is 4.76. The van der Waals surface area contributed by atoms with Gasteiger partial charge >= 0.3 is 11.6 Å². The van der Waals surface area contributed by atoms with Gasteiger partial charge in [-0.05, 0) is 49.2 Å². The van der Waals surface area contributed by atoms with Gasteiger partial charge < -0.3 is 13.9 Å². The fourth-order valence-corrected chi connectivity index (χ4v) is 3.44. The van der Waals surface area contributed by atoms with Gasteiger partial charge in [-0.3, -0.25) is 4.79 Å². The van der Waals surface area contributed by atoms with E-state index in [1.807, 2.05) is 44.2 Å². The van der Waals surface area contributed by atoms with Crippen LogP contribution < -0.4 is 10.4 Å². The number of benzene rings is 3. The molecule has 3 aromatic carbocycles. The molecule has 6 nitrogen and oxygen atoms in total. The van der Waals surface area contributed by atoms with Crippen molar-refractivity contribution in [1.29, 1.82) is 0 Å². The SMILES string of the molecule is Cc1ccc2c(COC(=O)COc3ccc(C(=O)c4ccccc4)cc3)cc(=O)oc2c1C. The van der Waals surface area contributed by atoms with E-state index < -0.39 is 11.6 Å². The summed E-state index contributed by atoms with van der Waals surface area (Å²) in [5, 5.41) is 0.727. The van der Waals surface area contributed by atoms with E-state index >= 15 is 0 Å². The third kappa shape index (κ3) is 5.01. The Morgan fingerprint density at radius 1 is 0.879 bits per heavy atom. The minimum Gasteiger partial charge on any atom is -0.482 e. The average Bonchev–Trinajstić information content (AvgIpc) is 2.84. The van der Waals surface area contributed by atoms with Crippen LogP contribution in [0.2, 0.25) is 0 Å². The summed E-state index contributed by atoms with van der Waals surface area (Å²) in [7, 11) is 0. The Hall–Kier alpha value is -4.19. The Bertz CT molecular complexity index is 1370. The zero-order valence-electron chi connectivity index (χ0n) is 18.3. The lowest BCUT2D eigenvalue weighted by Gasteiger charge is -2.10. The molecule has 4 aromatic rings. The van der Waals surface area contributed by atoms with Gasteiger partial charge in [0.1, 0.15) is 17.9 Å². The molecule has 0 aliphatic carbocycles. The minimum absolute atomic E-state index is 0.0721. The molecule has 166 valence electrons. The van der Waals surface area contributed by atoms with E-state index in [1.165, 1.54) is 6.07 Å². The highest BCUT2D eigenvalue weighted by molar-refractivity contribution is 6.09. The molecular formula is C27H22O6. The first-order valence-corrected chi connectivity index (χ1v) is 10.4. The molecule has 0 unspecified atom stereocenters. The van der Waals surface area contributed by atoms with E-state index in [0.717, 1.165) is 16.5 Å². The number of hydrogen-bond acceptors (Lipinski definition) is 6. The van der Waals surface area contributed by atoms with Crippen molar-refractivity contribution in [3.8, 4) is 5.75 Å². The number of rotatable bonds is 7. The molecule has 1 heterocycles. The summed E-state index contributed by atoms with van der Waals surface area (Å²) in [6, 6.07) is 20.6. The van der Waals surface area contributed by atoms with Gasteiger partial charge in [0.25, 0.3) is 0 Å². The maximum atomic E-state index is 12.5. The van der Waals surface area contributed by atoms with E-state index in [-0.39, 0.29) is 19.0 Å². The van der Waals surface area contributed by atoms with Crippen molar-refractivity contribution in [3.63, 3.8) is 0 Å². The minimum atomic E-state index is -0.579. The second kappa shape index (κ2) is 9.53. The Balaban J connectivity index is 1.36. The standard InChI is InChI=1S/C27H22O6/c1-17-8-13-23-21(14-24(28)33-27(23)18(17)2)15-32-25(29)16-31-22-11-9-20(10-12-22)26(30)19-6-4-3-5-7-19/h3-14H,15-16H2,1-2H3. The number of aryl methyl sites for hydroxylation is 2. The number of carbonyl (C=O) groups excluding carboxylic acids is 2. The van der Waals surface area contributed by atoms with Gasteiger partial charge in [0, 0.05) is 28.1 Å². The van der Waals surface area contributed by atoms with Gasteiger partial charge in [-0.2, -0.15) is 0 Å². The van der Waals surface area contributed by atoms with E-state index in [0.29, 0.717) is 28.0 Å². The lowest BCUT2D eigenvalue weighted by atomic mass is 10.0. The van der Waals surface area contributed by atoms with Crippen molar-refractivity contribution in [2.75, 3.05) is 6.61 Å². The largest absolute Gasteiger partial charge is 0.482 e. The number of esters is 1. The molecule has 0 atom stereocenters. The van der Waals surface area contributed by atoms with Gasteiger partial charge in [-0.25, -0.2) is 9.59 Å². The molecule has 0 fully saturated rings. The van der Waals surface area contributed by atoms with Crippen molar-refractivity contribution < 1.29 is 23.5 Å². The van der Waals surface area contributed by atoms with Crippen LogP contribution in [0.15, 0.2) is 82.0 Å². The highest BCUT2D eigenvalue weighted by Gasteiger charge is 2.13. The second-order valence-electron chi connectivity index (χ2n) is 7.64. The number of ether oxygens (including phenoxy) is 2. The van der Waals surface area contributed by atoms with E-state index in [2.05, 4.69) is 0 Å². The molecular weight excluding hydrogens is 420 g/mol. The summed E-state index contributed by atoms with van der Waals surface area (Å²) < 4.78 is 16.1. The van der Waals surface area contributed by atoms with Crippen LogP contribution in [0.1, 0.15) is 32.6 Å². The zero-order chi connectivity index (χ0) is 23.4. The van der Waals surface area contributed by atoms with E-state index in [4.69, 9.17) is 13.9 Å². The van der Waals surface area contributed by atoms with Gasteiger partial charge in [-0.1, -0.05) is 42.5 Å². The maximum absolute atomic E-state index is 12.5. The molecule has 0 amide bonds. The number of fused-ring (bicyclic) bond motifs is 1. The molecule has 0 spiro atoms. The first-order valence-electron chi connectivity index (χ1n) is 10.4. The lowest BCUT2D eigenvalue weighted by molar-refractivity contribution is -0.147. The van der Waals surface area contributed by atoms with Crippen molar-refractivity contribution in [3.05, 3.63) is 111 Å². The molecule has 0 saturated carbocycles. The summed E-state index contributed by atoms with van der Waals surface area (Å²) in [6.07, 6.45) is 0. The molecule has 0 aliphatic rings. The highest BCUT2D eigenvalue weighted by atomic mass is 16.6. The normalized spacial score (nSPS) is 10.7. The second-order valence-corrected chi connectivity index (χ2v) is 7.64. The van der Waals surface area contributed by atoms with Gasteiger partial charge in [0.05, 0.1) is 0 Å². The summed E-state index contributed by atoms with van der Waals surface area (Å²) in [4.78, 5) is 36.6. The van der Waals surface area contributed by atoms with E-state index in [1.54, 1.807) is 36.4 Å². The smallest absolute Gasteiger partial charge is 0.344 e. The van der Waals surface area contributed by atoms with Crippen LogP contribution in [-0.4, -0.2) is 18.4 Å². The Kier molecular flexibility index (Phi) is 6.36.